The van der Waals surface area contributed by atoms with E-state index < -0.39 is 0 Å². The Morgan fingerprint density at radius 2 is 0.339 bits per heavy atom. The van der Waals surface area contributed by atoms with E-state index in [2.05, 4.69) is 431 Å². The van der Waals surface area contributed by atoms with Gasteiger partial charge in [-0.05, 0) is 184 Å². The Balaban J connectivity index is 0.000000143. The van der Waals surface area contributed by atoms with Crippen molar-refractivity contribution in [2.45, 2.75) is 0 Å². The van der Waals surface area contributed by atoms with Crippen LogP contribution in [0.4, 0.5) is 0 Å². The second-order valence-corrected chi connectivity index (χ2v) is 31.7. The molecule has 0 atom stereocenters. The summed E-state index contributed by atoms with van der Waals surface area (Å²) >= 11 is 0. The first-order chi connectivity index (χ1) is 61.5. The van der Waals surface area contributed by atoms with Gasteiger partial charge in [0.15, 0.2) is 11.6 Å². The van der Waals surface area contributed by atoms with E-state index in [4.69, 9.17) is 19.9 Å². The number of fused-ring (bicyclic) bond motifs is 12. The lowest BCUT2D eigenvalue weighted by Gasteiger charge is -2.12. The first-order valence-electron chi connectivity index (χ1n) is 42.1. The quantitative estimate of drug-likeness (QED) is 0.109. The molecule has 0 N–H and O–H groups in total. The van der Waals surface area contributed by atoms with Gasteiger partial charge in [0, 0.05) is 99.2 Å². The van der Waals surface area contributed by atoms with Gasteiger partial charge in [-0.2, -0.15) is 0 Å². The Morgan fingerprint density at radius 1 is 0.121 bits per heavy atom. The molecule has 6 aromatic heterocycles. The van der Waals surface area contributed by atoms with Gasteiger partial charge in [0.2, 0.25) is 0 Å². The van der Waals surface area contributed by atoms with Crippen LogP contribution in [0, 0.1) is 0 Å². The fourth-order valence-electron chi connectivity index (χ4n) is 18.4. The van der Waals surface area contributed by atoms with Gasteiger partial charge in [-0.1, -0.05) is 322 Å². The van der Waals surface area contributed by atoms with Gasteiger partial charge in [-0.15, -0.1) is 0 Å². The maximum absolute atomic E-state index is 5.12. The minimum atomic E-state index is 0.700. The Hall–Kier alpha value is -16.7. The first-order valence-corrected chi connectivity index (χ1v) is 42.1. The summed E-state index contributed by atoms with van der Waals surface area (Å²) in [5.74, 6) is 1.40. The minimum Gasteiger partial charge on any atom is -0.309 e. The van der Waals surface area contributed by atoms with Crippen molar-refractivity contribution in [1.82, 2.24) is 38.2 Å². The smallest absolute Gasteiger partial charge is 0.160 e. The highest BCUT2D eigenvalue weighted by Gasteiger charge is 2.22. The topological polar surface area (TPSA) is 71.3 Å². The molecule has 6 heterocycles. The van der Waals surface area contributed by atoms with E-state index >= 15 is 0 Å². The number of para-hydroxylation sites is 6. The van der Waals surface area contributed by atoms with Crippen LogP contribution in [0.1, 0.15) is 0 Å². The molecule has 18 aromatic carbocycles. The molecule has 0 spiro atoms. The third-order valence-corrected chi connectivity index (χ3v) is 24.3. The molecular weight excluding hydrogens is 1510 g/mol. The fraction of sp³-hybridized carbons (Fsp3) is 0. The molecule has 580 valence electrons. The molecule has 8 nitrogen and oxygen atoms in total. The largest absolute Gasteiger partial charge is 0.309 e. The lowest BCUT2D eigenvalue weighted by atomic mass is 10.00. The number of benzene rings is 18. The standard InChI is InChI=1S/2C58H38N4/c1-4-16-39(17-5-1)52-38-53(40-18-6-2-7-19-40)60-58(59-52)45-22-14-20-41(34-45)43-30-33-57-51(36-43)49-27-11-13-29-55(49)62(57)47-25-15-21-42(35-47)44-31-32-56-50(37-44)48-26-10-12-28-54(48)61(56)46-23-8-3-9-24-46;1-4-15-40(16-5-1)52-38-53(41-17-6-2-7-18-41)60-58(59-52)42-29-27-39(28-30-42)44-31-33-57-50(36-44)49-24-11-13-26-55(49)62(57)47-22-14-19-43(35-47)45-32-34-56-51(37-45)48-23-10-12-25-54(48)61(56)46-20-8-3-9-21-46/h2*1-38H. The summed E-state index contributed by atoms with van der Waals surface area (Å²) in [6.07, 6.45) is 0. The van der Waals surface area contributed by atoms with Crippen LogP contribution in [0.5, 0.6) is 0 Å². The lowest BCUT2D eigenvalue weighted by molar-refractivity contribution is 1.18. The van der Waals surface area contributed by atoms with Crippen LogP contribution in [-0.2, 0) is 0 Å². The molecule has 24 rings (SSSR count). The van der Waals surface area contributed by atoms with Gasteiger partial charge in [0.25, 0.3) is 0 Å². The lowest BCUT2D eigenvalue weighted by Crippen LogP contribution is -1.96. The highest BCUT2D eigenvalue weighted by atomic mass is 15.0. The number of aromatic nitrogens is 8. The van der Waals surface area contributed by atoms with Gasteiger partial charge >= 0.3 is 0 Å². The molecule has 0 bridgehead atoms. The highest BCUT2D eigenvalue weighted by Crippen LogP contribution is 2.43. The molecule has 0 amide bonds. The molecule has 24 aromatic rings. The molecule has 124 heavy (non-hydrogen) atoms. The van der Waals surface area contributed by atoms with E-state index in [1.807, 2.05) is 48.5 Å². The molecule has 8 heteroatoms. The zero-order chi connectivity index (χ0) is 82.0. The van der Waals surface area contributed by atoms with Crippen molar-refractivity contribution in [3.8, 4) is 135 Å². The average molecular weight is 1580 g/mol. The van der Waals surface area contributed by atoms with Gasteiger partial charge in [-0.3, -0.25) is 0 Å². The third-order valence-electron chi connectivity index (χ3n) is 24.3. The first kappa shape index (κ1) is 72.5. The number of hydrogen-bond acceptors (Lipinski definition) is 4. The van der Waals surface area contributed by atoms with Crippen LogP contribution in [0.2, 0.25) is 0 Å². The predicted octanol–water partition coefficient (Wildman–Crippen LogP) is 30.0. The third kappa shape index (κ3) is 13.1. The molecule has 0 saturated heterocycles. The average Bonchev–Trinajstić information content (AvgIpc) is 1.60. The van der Waals surface area contributed by atoms with E-state index in [0.29, 0.717) is 11.6 Å². The Kier molecular flexibility index (Phi) is 18.1. The van der Waals surface area contributed by atoms with Crippen LogP contribution in [-0.4, -0.2) is 38.2 Å². The second kappa shape index (κ2) is 30.9. The van der Waals surface area contributed by atoms with E-state index in [1.165, 1.54) is 104 Å². The Labute approximate surface area is 716 Å². The SMILES string of the molecule is c1ccc(-c2cc(-c3ccccc3)nc(-c3ccc(-c4ccc5c(c4)c4ccccc4n5-c4cccc(-c5ccc6c(c5)c5ccccc5n6-c5ccccc5)c4)cc3)n2)cc1.c1ccc(-c2cc(-c3ccccc3)nc(-c3cccc(-c4ccc5c(c4)c4ccccc4n5-c4cccc(-c5ccc6c(c5)c5ccccc5n6-c5ccccc5)c4)c3)n2)cc1. The molecule has 0 unspecified atom stereocenters. The van der Waals surface area contributed by atoms with Crippen LogP contribution in [0.25, 0.3) is 222 Å². The van der Waals surface area contributed by atoms with Crippen molar-refractivity contribution in [3.05, 3.63) is 461 Å². The summed E-state index contributed by atoms with van der Waals surface area (Å²) in [5, 5.41) is 9.85. The maximum atomic E-state index is 5.12. The zero-order valence-electron chi connectivity index (χ0n) is 67.5. The fourth-order valence-corrected chi connectivity index (χ4v) is 18.4. The molecule has 0 aliphatic heterocycles. The van der Waals surface area contributed by atoms with Gasteiger partial charge in [0.1, 0.15) is 0 Å². The molecule has 0 aliphatic carbocycles. The summed E-state index contributed by atoms with van der Waals surface area (Å²) in [7, 11) is 0. The van der Waals surface area contributed by atoms with Crippen LogP contribution in [0.3, 0.4) is 0 Å². The van der Waals surface area contributed by atoms with E-state index in [-0.39, 0.29) is 0 Å². The number of nitrogens with zero attached hydrogens (tertiary/aromatic N) is 8. The van der Waals surface area contributed by atoms with E-state index in [0.717, 1.165) is 107 Å². The summed E-state index contributed by atoms with van der Waals surface area (Å²) in [5.41, 5.74) is 33.2. The number of rotatable bonds is 14. The monoisotopic (exact) mass is 1580 g/mol. The summed E-state index contributed by atoms with van der Waals surface area (Å²) < 4.78 is 9.55. The van der Waals surface area contributed by atoms with Crippen molar-refractivity contribution < 1.29 is 0 Å². The normalized spacial score (nSPS) is 11.5. The van der Waals surface area contributed by atoms with Gasteiger partial charge in [0.05, 0.1) is 66.9 Å². The van der Waals surface area contributed by atoms with Crippen molar-refractivity contribution in [2.75, 3.05) is 0 Å². The van der Waals surface area contributed by atoms with Crippen LogP contribution < -0.4 is 0 Å². The number of hydrogen-bond donors (Lipinski definition) is 0. The minimum absolute atomic E-state index is 0.700. The Morgan fingerprint density at radius 3 is 0.677 bits per heavy atom. The van der Waals surface area contributed by atoms with Crippen molar-refractivity contribution in [3.63, 3.8) is 0 Å². The molecule has 0 radical (unpaired) electrons. The highest BCUT2D eigenvalue weighted by molar-refractivity contribution is 6.14. The van der Waals surface area contributed by atoms with Gasteiger partial charge < -0.3 is 18.3 Å². The zero-order valence-corrected chi connectivity index (χ0v) is 67.5. The molecule has 0 aliphatic rings. The van der Waals surface area contributed by atoms with Crippen LogP contribution >= 0.6 is 0 Å². The predicted molar refractivity (Wildman–Crippen MR) is 516 cm³/mol. The van der Waals surface area contributed by atoms with Gasteiger partial charge in [-0.25, -0.2) is 19.9 Å². The summed E-state index contributed by atoms with van der Waals surface area (Å²) in [4.78, 5) is 20.3. The van der Waals surface area contributed by atoms with Crippen molar-refractivity contribution in [1.29, 1.82) is 0 Å². The van der Waals surface area contributed by atoms with Crippen LogP contribution in [0.15, 0.2) is 461 Å². The van der Waals surface area contributed by atoms with E-state index in [1.54, 1.807) is 0 Å². The van der Waals surface area contributed by atoms with Crippen molar-refractivity contribution >= 4 is 87.2 Å². The Bertz CT molecular complexity index is 8080. The molecular formula is C116H76N8. The molecule has 0 fully saturated rings. The summed E-state index contributed by atoms with van der Waals surface area (Å²) in [6.45, 7) is 0. The van der Waals surface area contributed by atoms with E-state index in [9.17, 15) is 0 Å². The van der Waals surface area contributed by atoms with Crippen molar-refractivity contribution in [2.24, 2.45) is 0 Å². The molecule has 0 saturated carbocycles. The summed E-state index contributed by atoms with van der Waals surface area (Å²) in [6, 6.07) is 164. The maximum Gasteiger partial charge on any atom is 0.160 e. The second-order valence-electron chi connectivity index (χ2n) is 31.7.